The Bertz CT molecular complexity index is 1050. The molecule has 28 heavy (non-hydrogen) atoms. The number of halogens is 1. The highest BCUT2D eigenvalue weighted by molar-refractivity contribution is 7.92. The van der Waals surface area contributed by atoms with E-state index in [1.54, 1.807) is 36.4 Å². The van der Waals surface area contributed by atoms with Gasteiger partial charge in [-0.15, -0.1) is 0 Å². The smallest absolute Gasteiger partial charge is 0.261 e. The Kier molecular flexibility index (Phi) is 6.34. The molecule has 0 aliphatic carbocycles. The van der Waals surface area contributed by atoms with Crippen molar-refractivity contribution in [2.75, 3.05) is 10.0 Å². The van der Waals surface area contributed by atoms with Crippen LogP contribution < -0.4 is 10.0 Å². The molecule has 0 fully saturated rings. The molecule has 0 saturated heterocycles. The molecule has 2 N–H and O–H groups in total. The Morgan fingerprint density at radius 3 is 2.29 bits per heavy atom. The molecular weight excluding hydrogens is 396 g/mol. The van der Waals surface area contributed by atoms with Gasteiger partial charge in [-0.1, -0.05) is 48.0 Å². The molecule has 3 rings (SSSR count). The highest BCUT2D eigenvalue weighted by Gasteiger charge is 2.15. The highest BCUT2D eigenvalue weighted by Crippen LogP contribution is 2.21. The van der Waals surface area contributed by atoms with Crippen molar-refractivity contribution in [3.63, 3.8) is 0 Å². The zero-order valence-electron chi connectivity index (χ0n) is 14.9. The van der Waals surface area contributed by atoms with Crippen LogP contribution in [0.4, 0.5) is 11.4 Å². The van der Waals surface area contributed by atoms with E-state index in [0.717, 1.165) is 5.56 Å². The maximum Gasteiger partial charge on any atom is 0.261 e. The molecule has 3 aromatic carbocycles. The van der Waals surface area contributed by atoms with Gasteiger partial charge in [0.25, 0.3) is 10.0 Å². The lowest BCUT2D eigenvalue weighted by molar-refractivity contribution is -0.116. The minimum Gasteiger partial charge on any atom is -0.326 e. The maximum atomic E-state index is 12.6. The van der Waals surface area contributed by atoms with Crippen molar-refractivity contribution in [1.82, 2.24) is 0 Å². The Balaban J connectivity index is 1.65. The first-order valence-electron chi connectivity index (χ1n) is 8.65. The summed E-state index contributed by atoms with van der Waals surface area (Å²) in [4.78, 5) is 12.2. The first-order valence-corrected chi connectivity index (χ1v) is 10.5. The number of carbonyl (C=O) groups is 1. The molecule has 0 saturated carbocycles. The standard InChI is InChI=1S/C21H19ClN2O3S/c22-17-10-12-18(13-11-17)24-28(26,27)20-8-4-7-19(15-20)23-21(25)14-9-16-5-2-1-3-6-16/h1-8,10-13,15,24H,9,14H2,(H,23,25). The number of hydrogen-bond acceptors (Lipinski definition) is 3. The van der Waals surface area contributed by atoms with E-state index in [4.69, 9.17) is 11.6 Å². The van der Waals surface area contributed by atoms with E-state index >= 15 is 0 Å². The summed E-state index contributed by atoms with van der Waals surface area (Å²) in [5, 5.41) is 3.26. The van der Waals surface area contributed by atoms with Crippen LogP contribution in [-0.2, 0) is 21.2 Å². The quantitative estimate of drug-likeness (QED) is 0.587. The first-order chi connectivity index (χ1) is 13.4. The van der Waals surface area contributed by atoms with Crippen molar-refractivity contribution >= 4 is 38.9 Å². The Morgan fingerprint density at radius 1 is 0.857 bits per heavy atom. The predicted octanol–water partition coefficient (Wildman–Crippen LogP) is 4.71. The fourth-order valence-electron chi connectivity index (χ4n) is 2.60. The van der Waals surface area contributed by atoms with E-state index in [-0.39, 0.29) is 10.8 Å². The highest BCUT2D eigenvalue weighted by atomic mass is 35.5. The molecule has 0 radical (unpaired) electrons. The predicted molar refractivity (Wildman–Crippen MR) is 112 cm³/mol. The number of amides is 1. The van der Waals surface area contributed by atoms with E-state index in [9.17, 15) is 13.2 Å². The minimum absolute atomic E-state index is 0.0586. The van der Waals surface area contributed by atoms with Gasteiger partial charge in [0.1, 0.15) is 0 Å². The third-order valence-electron chi connectivity index (χ3n) is 4.01. The normalized spacial score (nSPS) is 11.0. The van der Waals surface area contributed by atoms with Crippen molar-refractivity contribution in [1.29, 1.82) is 0 Å². The monoisotopic (exact) mass is 414 g/mol. The molecule has 1 amide bonds. The molecule has 0 unspecified atom stereocenters. The van der Waals surface area contributed by atoms with Gasteiger partial charge >= 0.3 is 0 Å². The maximum absolute atomic E-state index is 12.6. The summed E-state index contributed by atoms with van der Waals surface area (Å²) >= 11 is 5.82. The second-order valence-corrected chi connectivity index (χ2v) is 8.29. The van der Waals surface area contributed by atoms with Gasteiger partial charge in [0, 0.05) is 22.8 Å². The van der Waals surface area contributed by atoms with Gasteiger partial charge in [-0.25, -0.2) is 8.42 Å². The largest absolute Gasteiger partial charge is 0.326 e. The van der Waals surface area contributed by atoms with Crippen molar-refractivity contribution in [2.45, 2.75) is 17.7 Å². The third-order valence-corrected chi connectivity index (χ3v) is 5.64. The zero-order chi connectivity index (χ0) is 20.0. The molecule has 0 aromatic heterocycles. The van der Waals surface area contributed by atoms with Crippen LogP contribution in [0.15, 0.2) is 83.8 Å². The van der Waals surface area contributed by atoms with Crippen molar-refractivity contribution in [3.05, 3.63) is 89.4 Å². The lowest BCUT2D eigenvalue weighted by Gasteiger charge is -2.10. The molecule has 0 heterocycles. The molecule has 0 aliphatic rings. The number of nitrogens with one attached hydrogen (secondary N) is 2. The summed E-state index contributed by atoms with van der Waals surface area (Å²) in [5.74, 6) is -0.177. The fourth-order valence-corrected chi connectivity index (χ4v) is 3.83. The summed E-state index contributed by atoms with van der Waals surface area (Å²) in [7, 11) is -3.78. The van der Waals surface area contributed by atoms with Crippen LogP contribution in [0.1, 0.15) is 12.0 Å². The Hall–Kier alpha value is -2.83. The van der Waals surface area contributed by atoms with Crippen molar-refractivity contribution in [3.8, 4) is 0 Å². The lowest BCUT2D eigenvalue weighted by atomic mass is 10.1. The molecule has 0 aliphatic heterocycles. The SMILES string of the molecule is O=C(CCc1ccccc1)Nc1cccc(S(=O)(=O)Nc2ccc(Cl)cc2)c1. The molecular formula is C21H19ClN2O3S. The van der Waals surface area contributed by atoms with Gasteiger partial charge in [-0.3, -0.25) is 9.52 Å². The van der Waals surface area contributed by atoms with E-state index in [2.05, 4.69) is 10.0 Å². The zero-order valence-corrected chi connectivity index (χ0v) is 16.5. The molecule has 3 aromatic rings. The summed E-state index contributed by atoms with van der Waals surface area (Å²) in [6.45, 7) is 0. The molecule has 144 valence electrons. The average Bonchev–Trinajstić information content (AvgIpc) is 2.69. The van der Waals surface area contributed by atoms with Crippen LogP contribution in [0.5, 0.6) is 0 Å². The summed E-state index contributed by atoms with van der Waals surface area (Å²) in [6.07, 6.45) is 0.923. The first kappa shape index (κ1) is 19.9. The van der Waals surface area contributed by atoms with E-state index in [1.165, 1.54) is 12.1 Å². The van der Waals surface area contributed by atoms with E-state index in [0.29, 0.717) is 29.2 Å². The molecule has 0 spiro atoms. The van der Waals surface area contributed by atoms with Gasteiger partial charge in [-0.2, -0.15) is 0 Å². The Labute approximate surface area is 169 Å². The van der Waals surface area contributed by atoms with Crippen LogP contribution >= 0.6 is 11.6 Å². The second kappa shape index (κ2) is 8.91. The number of benzene rings is 3. The van der Waals surface area contributed by atoms with Crippen LogP contribution in [0.2, 0.25) is 5.02 Å². The van der Waals surface area contributed by atoms with Crippen molar-refractivity contribution < 1.29 is 13.2 Å². The number of carbonyl (C=O) groups excluding carboxylic acids is 1. The molecule has 0 bridgehead atoms. The van der Waals surface area contributed by atoms with E-state index < -0.39 is 10.0 Å². The van der Waals surface area contributed by atoms with Gasteiger partial charge < -0.3 is 5.32 Å². The van der Waals surface area contributed by atoms with Gasteiger partial charge in [0.05, 0.1) is 4.90 Å². The Morgan fingerprint density at radius 2 is 1.57 bits per heavy atom. The number of anilines is 2. The second-order valence-electron chi connectivity index (χ2n) is 6.17. The topological polar surface area (TPSA) is 75.3 Å². The van der Waals surface area contributed by atoms with Crippen LogP contribution in [0.25, 0.3) is 0 Å². The summed E-state index contributed by atoms with van der Waals surface area (Å²) < 4.78 is 27.6. The van der Waals surface area contributed by atoms with Gasteiger partial charge in [0.15, 0.2) is 0 Å². The van der Waals surface area contributed by atoms with Gasteiger partial charge in [0.2, 0.25) is 5.91 Å². The number of sulfonamides is 1. The average molecular weight is 415 g/mol. The van der Waals surface area contributed by atoms with Crippen LogP contribution in [-0.4, -0.2) is 14.3 Å². The molecule has 5 nitrogen and oxygen atoms in total. The van der Waals surface area contributed by atoms with Crippen LogP contribution in [0, 0.1) is 0 Å². The third kappa shape index (κ3) is 5.58. The van der Waals surface area contributed by atoms with Crippen molar-refractivity contribution in [2.24, 2.45) is 0 Å². The van der Waals surface area contributed by atoms with Gasteiger partial charge in [-0.05, 0) is 54.4 Å². The number of rotatable bonds is 7. The summed E-state index contributed by atoms with van der Waals surface area (Å²) in [5.41, 5.74) is 1.90. The summed E-state index contributed by atoms with van der Waals surface area (Å²) in [6, 6.07) is 22.2. The van der Waals surface area contributed by atoms with E-state index in [1.807, 2.05) is 30.3 Å². The molecule has 7 heteroatoms. The number of aryl methyl sites for hydroxylation is 1. The van der Waals surface area contributed by atoms with Crippen LogP contribution in [0.3, 0.4) is 0 Å². The molecule has 0 atom stereocenters. The number of hydrogen-bond donors (Lipinski definition) is 2. The lowest BCUT2D eigenvalue weighted by Crippen LogP contribution is -2.15. The fraction of sp³-hybridized carbons (Fsp3) is 0.0952. The minimum atomic E-state index is -3.78.